The molecule has 1 aliphatic carbocycles. The Labute approximate surface area is 179 Å². The van der Waals surface area contributed by atoms with Crippen LogP contribution >= 0.6 is 0 Å². The first-order chi connectivity index (χ1) is 15.0. The summed E-state index contributed by atoms with van der Waals surface area (Å²) >= 11 is 0. The van der Waals surface area contributed by atoms with E-state index < -0.39 is 28.9 Å². The van der Waals surface area contributed by atoms with Crippen LogP contribution in [-0.2, 0) is 11.6 Å². The molecule has 4 aromatic rings. The van der Waals surface area contributed by atoms with Gasteiger partial charge in [-0.1, -0.05) is 42.5 Å². The highest BCUT2D eigenvalue weighted by Gasteiger charge is 2.58. The van der Waals surface area contributed by atoms with Gasteiger partial charge in [-0.15, -0.1) is 0 Å². The minimum atomic E-state index is -4.80. The van der Waals surface area contributed by atoms with Gasteiger partial charge in [0.25, 0.3) is 0 Å². The predicted molar refractivity (Wildman–Crippen MR) is 110 cm³/mol. The van der Waals surface area contributed by atoms with Crippen molar-refractivity contribution >= 4 is 10.9 Å². The summed E-state index contributed by atoms with van der Waals surface area (Å²) in [5.74, 6) is 0. The Morgan fingerprint density at radius 2 is 1.38 bits per heavy atom. The summed E-state index contributed by atoms with van der Waals surface area (Å²) < 4.78 is 82.9. The van der Waals surface area contributed by atoms with Crippen molar-refractivity contribution in [1.29, 1.82) is 0 Å². The monoisotopic (exact) mass is 443 g/mol. The van der Waals surface area contributed by atoms with Crippen LogP contribution in [0.25, 0.3) is 33.3 Å². The Bertz CT molecular complexity index is 1370. The second kappa shape index (κ2) is 6.58. The largest absolute Gasteiger partial charge is 0.416 e. The van der Waals surface area contributed by atoms with Gasteiger partial charge in [0.1, 0.15) is 5.41 Å². The standard InChI is InChI=1S/C25H15F6N/c1-23(25(29,30)31)19-12-15(22-11-7-14-4-2-3-5-21(14)32-22)6-9-17(19)18-10-8-16(13-20(18)23)24(26,27)28/h2-13H,1H3. The van der Waals surface area contributed by atoms with Crippen LogP contribution in [0.2, 0.25) is 0 Å². The molecule has 0 fully saturated rings. The van der Waals surface area contributed by atoms with Crippen molar-refractivity contribution in [2.45, 2.75) is 24.7 Å². The molecule has 1 aromatic heterocycles. The third-order valence-corrected chi connectivity index (χ3v) is 6.20. The van der Waals surface area contributed by atoms with Gasteiger partial charge >= 0.3 is 12.4 Å². The van der Waals surface area contributed by atoms with Crippen LogP contribution in [0.1, 0.15) is 23.6 Å². The summed E-state index contributed by atoms with van der Waals surface area (Å²) in [7, 11) is 0. The Kier molecular flexibility index (Phi) is 4.22. The normalized spacial score (nSPS) is 18.0. The quantitative estimate of drug-likeness (QED) is 0.274. The Morgan fingerprint density at radius 3 is 2.06 bits per heavy atom. The van der Waals surface area contributed by atoms with Crippen LogP contribution in [-0.4, -0.2) is 11.2 Å². The minimum Gasteiger partial charge on any atom is -0.248 e. The van der Waals surface area contributed by atoms with Gasteiger partial charge < -0.3 is 0 Å². The van der Waals surface area contributed by atoms with Gasteiger partial charge in [-0.25, -0.2) is 4.98 Å². The average molecular weight is 443 g/mol. The van der Waals surface area contributed by atoms with Crippen molar-refractivity contribution in [2.75, 3.05) is 0 Å². The van der Waals surface area contributed by atoms with Gasteiger partial charge in [0, 0.05) is 10.9 Å². The molecule has 0 spiro atoms. The third kappa shape index (κ3) is 2.91. The maximum Gasteiger partial charge on any atom is 0.416 e. The van der Waals surface area contributed by atoms with E-state index in [-0.39, 0.29) is 16.7 Å². The van der Waals surface area contributed by atoms with Gasteiger partial charge in [-0.05, 0) is 59.5 Å². The molecule has 162 valence electrons. The summed E-state index contributed by atoms with van der Waals surface area (Å²) in [6.07, 6.45) is -9.54. The molecule has 1 aliphatic rings. The van der Waals surface area contributed by atoms with E-state index in [1.54, 1.807) is 18.2 Å². The van der Waals surface area contributed by atoms with E-state index in [9.17, 15) is 26.3 Å². The highest BCUT2D eigenvalue weighted by molar-refractivity contribution is 5.86. The number of pyridine rings is 1. The van der Waals surface area contributed by atoms with Crippen molar-refractivity contribution in [2.24, 2.45) is 0 Å². The Hall–Kier alpha value is -3.35. The van der Waals surface area contributed by atoms with Crippen LogP contribution < -0.4 is 0 Å². The second-order valence-electron chi connectivity index (χ2n) is 8.03. The summed E-state index contributed by atoms with van der Waals surface area (Å²) in [5.41, 5.74) is -2.06. The molecule has 0 amide bonds. The van der Waals surface area contributed by atoms with Crippen molar-refractivity contribution in [3.63, 3.8) is 0 Å². The highest BCUT2D eigenvalue weighted by Crippen LogP contribution is 2.57. The van der Waals surface area contributed by atoms with Crippen LogP contribution in [0.15, 0.2) is 72.8 Å². The third-order valence-electron chi connectivity index (χ3n) is 6.20. The molecule has 0 saturated heterocycles. The molecule has 3 aromatic carbocycles. The van der Waals surface area contributed by atoms with Crippen molar-refractivity contribution in [3.05, 3.63) is 89.5 Å². The molecule has 1 nitrogen and oxygen atoms in total. The molecule has 1 unspecified atom stereocenters. The van der Waals surface area contributed by atoms with E-state index in [2.05, 4.69) is 4.98 Å². The molecule has 7 heteroatoms. The van der Waals surface area contributed by atoms with Crippen LogP contribution in [0, 0.1) is 0 Å². The van der Waals surface area contributed by atoms with Crippen molar-refractivity contribution < 1.29 is 26.3 Å². The van der Waals surface area contributed by atoms with Gasteiger partial charge in [-0.2, -0.15) is 26.3 Å². The number of hydrogen-bond acceptors (Lipinski definition) is 1. The number of rotatable bonds is 1. The lowest BCUT2D eigenvalue weighted by molar-refractivity contribution is -0.172. The first-order valence-corrected chi connectivity index (χ1v) is 9.80. The van der Waals surface area contributed by atoms with Gasteiger partial charge in [0.05, 0.1) is 16.8 Å². The molecular weight excluding hydrogens is 428 g/mol. The SMILES string of the molecule is CC1(C(F)(F)F)c2cc(-c3ccc4ccccc4n3)ccc2-c2ccc(C(F)(F)F)cc21. The molecular formula is C25H15F6N. The summed E-state index contributed by atoms with van der Waals surface area (Å²) in [5, 5.41) is 0.893. The Morgan fingerprint density at radius 1 is 0.719 bits per heavy atom. The van der Waals surface area contributed by atoms with E-state index >= 15 is 0 Å². The smallest absolute Gasteiger partial charge is 0.248 e. The number of nitrogens with zero attached hydrogens (tertiary/aromatic N) is 1. The predicted octanol–water partition coefficient (Wildman–Crippen LogP) is 7.77. The molecule has 0 saturated carbocycles. The highest BCUT2D eigenvalue weighted by atomic mass is 19.4. The first-order valence-electron chi connectivity index (χ1n) is 9.80. The number of halogens is 6. The maximum atomic E-state index is 14.4. The number of alkyl halides is 6. The molecule has 1 heterocycles. The van der Waals surface area contributed by atoms with Gasteiger partial charge in [-0.3, -0.25) is 0 Å². The van der Waals surface area contributed by atoms with Crippen molar-refractivity contribution in [1.82, 2.24) is 4.98 Å². The molecule has 5 rings (SSSR count). The molecule has 0 bridgehead atoms. The number of aromatic nitrogens is 1. The molecule has 0 radical (unpaired) electrons. The molecule has 0 N–H and O–H groups in total. The fourth-order valence-corrected chi connectivity index (χ4v) is 4.40. The number of para-hydroxylation sites is 1. The lowest BCUT2D eigenvalue weighted by Crippen LogP contribution is -2.39. The zero-order valence-corrected chi connectivity index (χ0v) is 16.6. The van der Waals surface area contributed by atoms with Crippen LogP contribution in [0.4, 0.5) is 26.3 Å². The van der Waals surface area contributed by atoms with E-state index in [0.717, 1.165) is 24.4 Å². The number of fused-ring (bicyclic) bond motifs is 4. The van der Waals surface area contributed by atoms with E-state index in [4.69, 9.17) is 0 Å². The molecule has 32 heavy (non-hydrogen) atoms. The average Bonchev–Trinajstić information content (AvgIpc) is 3.01. The fourth-order valence-electron chi connectivity index (χ4n) is 4.40. The zero-order valence-electron chi connectivity index (χ0n) is 16.6. The maximum absolute atomic E-state index is 14.4. The number of hydrogen-bond donors (Lipinski definition) is 0. The zero-order chi connectivity index (χ0) is 22.9. The first kappa shape index (κ1) is 20.5. The van der Waals surface area contributed by atoms with Gasteiger partial charge in [0.15, 0.2) is 0 Å². The summed E-state index contributed by atoms with van der Waals surface area (Å²) in [6.45, 7) is 0.940. The summed E-state index contributed by atoms with van der Waals surface area (Å²) in [6, 6.07) is 18.1. The molecule has 1 atom stereocenters. The van der Waals surface area contributed by atoms with Crippen molar-refractivity contribution in [3.8, 4) is 22.4 Å². The lowest BCUT2D eigenvalue weighted by atomic mass is 9.78. The van der Waals surface area contributed by atoms with Crippen LogP contribution in [0.3, 0.4) is 0 Å². The number of benzene rings is 3. The van der Waals surface area contributed by atoms with E-state index in [1.165, 1.54) is 12.1 Å². The molecule has 0 aliphatic heterocycles. The Balaban J connectivity index is 1.73. The summed E-state index contributed by atoms with van der Waals surface area (Å²) in [4.78, 5) is 4.55. The lowest BCUT2D eigenvalue weighted by Gasteiger charge is -2.30. The van der Waals surface area contributed by atoms with Crippen LogP contribution in [0.5, 0.6) is 0 Å². The topological polar surface area (TPSA) is 12.9 Å². The van der Waals surface area contributed by atoms with Gasteiger partial charge in [0.2, 0.25) is 0 Å². The van der Waals surface area contributed by atoms with E-state index in [1.807, 2.05) is 24.3 Å². The second-order valence-corrected chi connectivity index (χ2v) is 8.03. The fraction of sp³-hybridized carbons (Fsp3) is 0.160. The van der Waals surface area contributed by atoms with E-state index in [0.29, 0.717) is 22.8 Å². The minimum absolute atomic E-state index is 0.0771.